The smallest absolute Gasteiger partial charge is 0.144 e. The molecule has 6 heterocycles. The van der Waals surface area contributed by atoms with E-state index in [-0.39, 0.29) is 0 Å². The molecular formula is C37H49ClN6O3. The van der Waals surface area contributed by atoms with Gasteiger partial charge < -0.3 is 46.1 Å². The molecule has 10 heteroatoms. The lowest BCUT2D eigenvalue weighted by molar-refractivity contribution is 0.240. The second-order valence-electron chi connectivity index (χ2n) is 13.7. The second-order valence-corrected chi connectivity index (χ2v) is 14.1. The quantitative estimate of drug-likeness (QED) is 0.219. The zero-order chi connectivity index (χ0) is 32.5. The largest absolute Gasteiger partial charge is 0.489 e. The number of hydrogen-bond donors (Lipinski definition) is 3. The summed E-state index contributed by atoms with van der Waals surface area (Å²) in [6.45, 7) is 7.87. The first kappa shape index (κ1) is 31.7. The van der Waals surface area contributed by atoms with Crippen LogP contribution in [0.5, 0.6) is 17.2 Å². The van der Waals surface area contributed by atoms with Gasteiger partial charge in [0.1, 0.15) is 37.1 Å². The van der Waals surface area contributed by atoms with E-state index in [2.05, 4.69) is 33.8 Å². The van der Waals surface area contributed by atoms with Crippen LogP contribution in [0.25, 0.3) is 0 Å². The number of rotatable bonds is 0. The third-order valence-electron chi connectivity index (χ3n) is 10.5. The Morgan fingerprint density at radius 3 is 1.60 bits per heavy atom. The molecule has 47 heavy (non-hydrogen) atoms. The Labute approximate surface area is 283 Å². The molecule has 6 N–H and O–H groups in total. The standard InChI is InChI=1S/C13H18N2O.C12H15ClN2O.C12H16N2O/c1-9-6-12-13(7-11(9)14)16-8-10-4-2-3-5-15(10)12;13-9-5-11-12(6-10(9)14)16-7-8-3-1-2-4-15(8)11;13-9-4-5-11-12(7-9)15-8-10-3-1-2-6-14(10)11/h6-7,10H,2-5,8,14H2,1H3;5-6,8H,1-4,7,14H2;4-5,7,10H,1-3,6,8,13H2. The van der Waals surface area contributed by atoms with Crippen molar-refractivity contribution in [1.82, 2.24) is 0 Å². The van der Waals surface area contributed by atoms with E-state index in [1.54, 1.807) is 0 Å². The summed E-state index contributed by atoms with van der Waals surface area (Å²) in [6.07, 6.45) is 11.5. The van der Waals surface area contributed by atoms with E-state index in [4.69, 9.17) is 43.0 Å². The van der Waals surface area contributed by atoms with E-state index in [1.807, 2.05) is 30.3 Å². The van der Waals surface area contributed by atoms with Crippen LogP contribution in [0.4, 0.5) is 34.1 Å². The monoisotopic (exact) mass is 660 g/mol. The average molecular weight is 661 g/mol. The fourth-order valence-electron chi connectivity index (χ4n) is 7.84. The summed E-state index contributed by atoms with van der Waals surface area (Å²) >= 11 is 6.07. The molecule has 3 unspecified atom stereocenters. The number of nitrogens with two attached hydrogens (primary N) is 3. The zero-order valence-corrected chi connectivity index (χ0v) is 28.3. The predicted molar refractivity (Wildman–Crippen MR) is 194 cm³/mol. The van der Waals surface area contributed by atoms with Crippen LogP contribution in [-0.4, -0.2) is 57.6 Å². The molecule has 3 fully saturated rings. The number of benzene rings is 3. The van der Waals surface area contributed by atoms with Crippen LogP contribution < -0.4 is 46.1 Å². The maximum absolute atomic E-state index is 6.07. The summed E-state index contributed by atoms with van der Waals surface area (Å²) in [4.78, 5) is 7.38. The number of halogens is 1. The molecule has 3 aromatic carbocycles. The molecule has 0 aromatic heterocycles. The van der Waals surface area contributed by atoms with Crippen LogP contribution in [0.1, 0.15) is 63.4 Å². The van der Waals surface area contributed by atoms with E-state index >= 15 is 0 Å². The molecule has 0 amide bonds. The van der Waals surface area contributed by atoms with Gasteiger partial charge in [0.15, 0.2) is 0 Å². The number of nitrogens with zero attached hydrogens (tertiary/aromatic N) is 3. The van der Waals surface area contributed by atoms with Crippen LogP contribution in [0.15, 0.2) is 42.5 Å². The highest BCUT2D eigenvalue weighted by molar-refractivity contribution is 6.33. The first-order chi connectivity index (χ1) is 22.9. The lowest BCUT2D eigenvalue weighted by Crippen LogP contribution is -2.46. The van der Waals surface area contributed by atoms with Crippen LogP contribution in [-0.2, 0) is 0 Å². The topological polar surface area (TPSA) is 115 Å². The lowest BCUT2D eigenvalue weighted by atomic mass is 9.99. The van der Waals surface area contributed by atoms with Gasteiger partial charge in [0.05, 0.1) is 45.9 Å². The number of anilines is 6. The first-order valence-electron chi connectivity index (χ1n) is 17.4. The lowest BCUT2D eigenvalue weighted by Gasteiger charge is -2.42. The van der Waals surface area contributed by atoms with Crippen molar-refractivity contribution in [2.75, 3.05) is 71.4 Å². The van der Waals surface area contributed by atoms with Crippen LogP contribution in [0.2, 0.25) is 5.02 Å². The Bertz CT molecular complexity index is 1510. The Kier molecular flexibility index (Phi) is 9.26. The van der Waals surface area contributed by atoms with Crippen LogP contribution in [0.3, 0.4) is 0 Å². The fourth-order valence-corrected chi connectivity index (χ4v) is 8.00. The minimum Gasteiger partial charge on any atom is -0.489 e. The van der Waals surface area contributed by atoms with Gasteiger partial charge in [-0.1, -0.05) is 11.6 Å². The van der Waals surface area contributed by atoms with Crippen molar-refractivity contribution in [3.05, 3.63) is 53.1 Å². The molecule has 6 aliphatic heterocycles. The summed E-state index contributed by atoms with van der Waals surface area (Å²) in [5, 5.41) is 0.619. The Balaban J connectivity index is 0.000000112. The summed E-state index contributed by atoms with van der Waals surface area (Å²) in [5.41, 5.74) is 24.4. The third-order valence-corrected chi connectivity index (χ3v) is 10.8. The normalized spacial score (nSPS) is 23.5. The summed E-state index contributed by atoms with van der Waals surface area (Å²) < 4.78 is 17.3. The third kappa shape index (κ3) is 6.64. The highest BCUT2D eigenvalue weighted by Crippen LogP contribution is 2.42. The minimum atomic E-state index is 0.515. The summed E-state index contributed by atoms with van der Waals surface area (Å²) in [6, 6.07) is 15.5. The number of hydrogen-bond acceptors (Lipinski definition) is 9. The maximum atomic E-state index is 6.07. The van der Waals surface area contributed by atoms with E-state index in [9.17, 15) is 0 Å². The Hall–Kier alpha value is -3.85. The molecule has 3 aromatic rings. The minimum absolute atomic E-state index is 0.515. The van der Waals surface area contributed by atoms with Gasteiger partial charge in [-0.05, 0) is 94.5 Å². The van der Waals surface area contributed by atoms with Gasteiger partial charge in [0.25, 0.3) is 0 Å². The molecule has 0 radical (unpaired) electrons. The van der Waals surface area contributed by atoms with E-state index in [1.165, 1.54) is 69.2 Å². The highest BCUT2D eigenvalue weighted by atomic mass is 35.5. The second kappa shape index (κ2) is 13.7. The maximum Gasteiger partial charge on any atom is 0.144 e. The van der Waals surface area contributed by atoms with Gasteiger partial charge in [0, 0.05) is 49.2 Å². The van der Waals surface area contributed by atoms with E-state index in [0.29, 0.717) is 28.8 Å². The molecule has 3 atom stereocenters. The highest BCUT2D eigenvalue weighted by Gasteiger charge is 2.32. The zero-order valence-electron chi connectivity index (χ0n) is 27.6. The van der Waals surface area contributed by atoms with E-state index < -0.39 is 0 Å². The SMILES string of the molecule is Cc1cc2c(cc1N)OCC1CCCCN21.Nc1cc2c(cc1Cl)N1CCCCC1CO2.Nc1ccc2c(c1)OCC1CCCCN21. The predicted octanol–water partition coefficient (Wildman–Crippen LogP) is 7.02. The van der Waals surface area contributed by atoms with Gasteiger partial charge >= 0.3 is 0 Å². The van der Waals surface area contributed by atoms with Crippen molar-refractivity contribution in [2.45, 2.75) is 82.8 Å². The fraction of sp³-hybridized carbons (Fsp3) is 0.514. The van der Waals surface area contributed by atoms with Crippen molar-refractivity contribution in [1.29, 1.82) is 0 Å². The van der Waals surface area contributed by atoms with Crippen molar-refractivity contribution < 1.29 is 14.2 Å². The Morgan fingerprint density at radius 1 is 0.574 bits per heavy atom. The summed E-state index contributed by atoms with van der Waals surface area (Å²) in [7, 11) is 0. The summed E-state index contributed by atoms with van der Waals surface area (Å²) in [5.74, 6) is 2.79. The number of fused-ring (bicyclic) bond motifs is 9. The van der Waals surface area contributed by atoms with Crippen molar-refractivity contribution in [3.8, 4) is 17.2 Å². The molecule has 252 valence electrons. The average Bonchev–Trinajstić information content (AvgIpc) is 3.10. The number of nitrogen functional groups attached to an aromatic ring is 3. The number of aryl methyl sites for hydroxylation is 1. The molecule has 9 nitrogen and oxygen atoms in total. The number of ether oxygens (including phenoxy) is 3. The number of piperidine rings is 3. The molecule has 9 rings (SSSR count). The molecule has 3 saturated heterocycles. The molecule has 0 saturated carbocycles. The molecule has 0 spiro atoms. The van der Waals surface area contributed by atoms with Crippen molar-refractivity contribution >= 4 is 45.7 Å². The molecular weight excluding hydrogens is 612 g/mol. The van der Waals surface area contributed by atoms with Gasteiger partial charge in [0.2, 0.25) is 0 Å². The van der Waals surface area contributed by atoms with Gasteiger partial charge in [-0.25, -0.2) is 0 Å². The molecule has 0 aliphatic carbocycles. The van der Waals surface area contributed by atoms with E-state index in [0.717, 1.165) is 79.3 Å². The van der Waals surface area contributed by atoms with Gasteiger partial charge in [-0.15, -0.1) is 0 Å². The van der Waals surface area contributed by atoms with Gasteiger partial charge in [-0.3, -0.25) is 0 Å². The van der Waals surface area contributed by atoms with Crippen molar-refractivity contribution in [3.63, 3.8) is 0 Å². The van der Waals surface area contributed by atoms with Crippen LogP contribution in [0, 0.1) is 6.92 Å². The van der Waals surface area contributed by atoms with Crippen LogP contribution >= 0.6 is 11.6 Å². The van der Waals surface area contributed by atoms with Crippen molar-refractivity contribution in [2.24, 2.45) is 0 Å². The molecule has 6 aliphatic rings. The van der Waals surface area contributed by atoms with Gasteiger partial charge in [-0.2, -0.15) is 0 Å². The molecule has 0 bridgehead atoms. The first-order valence-corrected chi connectivity index (χ1v) is 17.8. The Morgan fingerprint density at radius 2 is 1.04 bits per heavy atom.